The maximum atomic E-state index is 15.1. The van der Waals surface area contributed by atoms with Crippen LogP contribution >= 0.6 is 14.5 Å². The average Bonchev–Trinajstić information content (AvgIpc) is 3.54. The van der Waals surface area contributed by atoms with Crippen molar-refractivity contribution >= 4 is 61.2 Å². The molecule has 0 radical (unpaired) electrons. The number of halogens is 1. The first-order chi connectivity index (χ1) is 22.8. The van der Waals surface area contributed by atoms with Gasteiger partial charge in [0, 0.05) is 26.7 Å². The van der Waals surface area contributed by atoms with E-state index < -0.39 is 107 Å². The Labute approximate surface area is 283 Å². The Morgan fingerprint density at radius 2 is 1.80 bits per heavy atom. The highest BCUT2D eigenvalue weighted by atomic mass is 32.5. The lowest BCUT2D eigenvalue weighted by molar-refractivity contribution is -0.270. The molecule has 2 aromatic rings. The first-order valence-corrected chi connectivity index (χ1v) is 18.6. The zero-order valence-electron chi connectivity index (χ0n) is 26.6. The van der Waals surface area contributed by atoms with Gasteiger partial charge in [0.1, 0.15) is 36.8 Å². The summed E-state index contributed by atoms with van der Waals surface area (Å²) in [7, 11) is -5.46. The van der Waals surface area contributed by atoms with E-state index in [1.165, 1.54) is 10.9 Å². The number of rotatable bonds is 13. The van der Waals surface area contributed by atoms with Crippen LogP contribution in [0.3, 0.4) is 0 Å². The van der Waals surface area contributed by atoms with Crippen molar-refractivity contribution in [3.63, 3.8) is 0 Å². The Hall–Kier alpha value is -2.75. The molecular formula is C25H36FN5O15P2S. The van der Waals surface area contributed by atoms with Crippen molar-refractivity contribution in [2.75, 3.05) is 18.9 Å². The third-order valence-corrected chi connectivity index (χ3v) is 11.2. The van der Waals surface area contributed by atoms with Crippen LogP contribution in [0.4, 0.5) is 10.2 Å². The molecule has 0 aliphatic carbocycles. The number of carbonyl (C=O) groups excluding carboxylic acids is 3. The molecule has 20 nitrogen and oxygen atoms in total. The molecule has 5 unspecified atom stereocenters. The van der Waals surface area contributed by atoms with Gasteiger partial charge in [-0.3, -0.25) is 23.5 Å². The number of carbonyl (C=O) groups is 3. The number of anilines is 1. The van der Waals surface area contributed by atoms with Crippen LogP contribution in [0.5, 0.6) is 0 Å². The van der Waals surface area contributed by atoms with Crippen molar-refractivity contribution in [3.05, 3.63) is 12.7 Å². The Morgan fingerprint density at radius 1 is 1.10 bits per heavy atom. The van der Waals surface area contributed by atoms with Crippen LogP contribution in [0.25, 0.3) is 11.2 Å². The molecule has 0 spiro atoms. The fourth-order valence-electron chi connectivity index (χ4n) is 5.28. The number of aliphatic hydroxyl groups is 1. The molecule has 2 saturated heterocycles. The highest BCUT2D eigenvalue weighted by Crippen LogP contribution is 2.62. The fourth-order valence-corrected chi connectivity index (χ4v) is 8.37. The molecule has 4 heterocycles. The van der Waals surface area contributed by atoms with E-state index in [9.17, 15) is 33.8 Å². The van der Waals surface area contributed by atoms with E-state index in [0.717, 1.165) is 27.1 Å². The summed E-state index contributed by atoms with van der Waals surface area (Å²) in [6.45, 7) is 0.490. The molecule has 274 valence electrons. The van der Waals surface area contributed by atoms with Gasteiger partial charge in [-0.1, -0.05) is 13.8 Å². The van der Waals surface area contributed by atoms with Gasteiger partial charge in [-0.05, 0) is 17.7 Å². The van der Waals surface area contributed by atoms with E-state index in [4.69, 9.17) is 54.6 Å². The van der Waals surface area contributed by atoms with Crippen molar-refractivity contribution < 1.29 is 75.3 Å². The lowest BCUT2D eigenvalue weighted by Crippen LogP contribution is -2.56. The summed E-state index contributed by atoms with van der Waals surface area (Å²) in [6, 6.07) is 0. The number of esters is 3. The van der Waals surface area contributed by atoms with Crippen molar-refractivity contribution in [1.29, 1.82) is 0 Å². The molecular weight excluding hydrogens is 723 g/mol. The average molecular weight is 760 g/mol. The minimum atomic E-state index is -5.46. The molecule has 0 aromatic carbocycles. The summed E-state index contributed by atoms with van der Waals surface area (Å²) in [4.78, 5) is 68.3. The van der Waals surface area contributed by atoms with Crippen LogP contribution in [-0.2, 0) is 67.8 Å². The van der Waals surface area contributed by atoms with Crippen LogP contribution in [0, 0.1) is 11.8 Å². The molecule has 2 fully saturated rings. The number of nitrogens with zero attached hydrogens (tertiary/aromatic N) is 4. The Morgan fingerprint density at radius 3 is 2.43 bits per heavy atom. The van der Waals surface area contributed by atoms with Gasteiger partial charge < -0.3 is 48.8 Å². The largest absolute Gasteiger partial charge is 0.481 e. The number of aliphatic hydroxyl groups excluding tert-OH is 1. The van der Waals surface area contributed by atoms with Crippen molar-refractivity contribution in [1.82, 2.24) is 19.5 Å². The Kier molecular flexibility index (Phi) is 12.5. The number of hydrogen-bond donors (Lipinski definition) is 4. The molecule has 0 amide bonds. The lowest BCUT2D eigenvalue weighted by atomic mass is 9.81. The summed E-state index contributed by atoms with van der Waals surface area (Å²) < 4.78 is 71.4. The number of aromatic nitrogens is 4. The summed E-state index contributed by atoms with van der Waals surface area (Å²) in [6.07, 6.45) is -10.1. The van der Waals surface area contributed by atoms with Gasteiger partial charge in [0.05, 0.1) is 12.9 Å². The van der Waals surface area contributed by atoms with Gasteiger partial charge in [0.25, 0.3) is 0 Å². The van der Waals surface area contributed by atoms with E-state index in [-0.39, 0.29) is 17.0 Å². The minimum absolute atomic E-state index is 0.0326. The van der Waals surface area contributed by atoms with E-state index in [0.29, 0.717) is 0 Å². The molecule has 0 saturated carbocycles. The van der Waals surface area contributed by atoms with Crippen molar-refractivity contribution in [2.45, 2.75) is 83.8 Å². The maximum absolute atomic E-state index is 15.1. The standard InChI is InChI=1S/C25H36FN5O15P2S/c1-10-11(2)21(42-14(5)34)25(44-20(10)16(41-13(4)33)6-39-12(3)32)45-47(36,37)46-48(38,49)40-7-15-17(26)19(35)24(43-15)31-9-30-18-22(27)28-8-29-23(18)31/h8-11,15-17,19-21,24-25,35H,6-7H2,1-5H3,(H,36,37)(H,38,49)(H2,27,28,29)/t10-,11-,15+,16+,17?,19-,20?,21?,24+,25-,48?/m0/s1. The molecule has 24 heteroatoms. The topological polar surface area (TPSA) is 272 Å². The molecule has 12 atom stereocenters. The second-order valence-electron chi connectivity index (χ2n) is 11.2. The Bertz CT molecular complexity index is 1640. The quantitative estimate of drug-likeness (QED) is 0.125. The minimum Gasteiger partial charge on any atom is -0.462 e. The summed E-state index contributed by atoms with van der Waals surface area (Å²) in [5.41, 5.74) is 6.08. The second kappa shape index (κ2) is 15.6. The first kappa shape index (κ1) is 39.0. The molecule has 5 N–H and O–H groups in total. The van der Waals surface area contributed by atoms with Crippen LogP contribution in [0.1, 0.15) is 40.8 Å². The van der Waals surface area contributed by atoms with Gasteiger partial charge in [-0.15, -0.1) is 0 Å². The number of nitrogens with two attached hydrogens (primary N) is 1. The molecule has 49 heavy (non-hydrogen) atoms. The molecule has 2 aliphatic rings. The third-order valence-electron chi connectivity index (χ3n) is 7.66. The highest BCUT2D eigenvalue weighted by Gasteiger charge is 2.51. The third kappa shape index (κ3) is 9.53. The van der Waals surface area contributed by atoms with Crippen molar-refractivity contribution in [3.8, 4) is 0 Å². The van der Waals surface area contributed by atoms with Gasteiger partial charge >= 0.3 is 32.4 Å². The monoisotopic (exact) mass is 759 g/mol. The Balaban J connectivity index is 1.45. The van der Waals surface area contributed by atoms with Crippen LogP contribution in [0.2, 0.25) is 0 Å². The lowest BCUT2D eigenvalue weighted by Gasteiger charge is -2.45. The van der Waals surface area contributed by atoms with Gasteiger partial charge in [-0.2, -0.15) is 0 Å². The summed E-state index contributed by atoms with van der Waals surface area (Å²) >= 11 is 4.85. The van der Waals surface area contributed by atoms with Gasteiger partial charge in [0.2, 0.25) is 6.29 Å². The highest BCUT2D eigenvalue weighted by molar-refractivity contribution is 8.08. The van der Waals surface area contributed by atoms with Crippen LogP contribution in [-0.4, -0.2) is 109 Å². The maximum Gasteiger partial charge on any atom is 0.481 e. The smallest absolute Gasteiger partial charge is 0.462 e. The predicted octanol–water partition coefficient (Wildman–Crippen LogP) is 0.796. The predicted molar refractivity (Wildman–Crippen MR) is 164 cm³/mol. The molecule has 2 aliphatic heterocycles. The van der Waals surface area contributed by atoms with E-state index in [2.05, 4.69) is 15.0 Å². The summed E-state index contributed by atoms with van der Waals surface area (Å²) in [5.74, 6) is -3.50. The van der Waals surface area contributed by atoms with Gasteiger partial charge in [0.15, 0.2) is 36.1 Å². The number of fused-ring (bicyclic) bond motifs is 1. The number of alkyl halides is 1. The van der Waals surface area contributed by atoms with Crippen LogP contribution in [0.15, 0.2) is 12.7 Å². The number of hydrogen-bond acceptors (Lipinski definition) is 18. The zero-order chi connectivity index (χ0) is 36.4. The SMILES string of the molecule is CC(=O)OC[C@@H](OC(C)=O)C1O[C@@H](OP(=O)(O)OP(O)(=S)OC[C@H]2O[C@@H](n3cnc4c(N)ncnc43)[C@@H](O)C2F)C(OC(C)=O)[C@@H](C)[C@@H]1C. The van der Waals surface area contributed by atoms with Gasteiger partial charge in [-0.25, -0.2) is 28.2 Å². The van der Waals surface area contributed by atoms with Crippen molar-refractivity contribution in [2.24, 2.45) is 11.8 Å². The van der Waals surface area contributed by atoms with E-state index in [1.807, 2.05) is 0 Å². The first-order valence-electron chi connectivity index (χ1n) is 14.5. The van der Waals surface area contributed by atoms with Crippen LogP contribution < -0.4 is 5.73 Å². The number of ether oxygens (including phenoxy) is 5. The zero-order valence-corrected chi connectivity index (χ0v) is 29.2. The molecule has 0 bridgehead atoms. The summed E-state index contributed by atoms with van der Waals surface area (Å²) in [5, 5.41) is 10.5. The fraction of sp³-hybridized carbons (Fsp3) is 0.680. The number of imidazole rings is 1. The second-order valence-corrected chi connectivity index (χ2v) is 15.6. The number of phosphoric ester groups is 1. The van der Waals surface area contributed by atoms with E-state index >= 15 is 4.39 Å². The molecule has 2 aromatic heterocycles. The molecule has 4 rings (SSSR count). The normalized spacial score (nSPS) is 31.7. The number of phosphoric acid groups is 1. The number of nitrogen functional groups attached to an aromatic ring is 1. The van der Waals surface area contributed by atoms with E-state index in [1.54, 1.807) is 13.8 Å².